The first kappa shape index (κ1) is 22.5. The summed E-state index contributed by atoms with van der Waals surface area (Å²) in [6.07, 6.45) is 0. The van der Waals surface area contributed by atoms with Gasteiger partial charge in [-0.2, -0.15) is 0 Å². The molecule has 37 heavy (non-hydrogen) atoms. The van der Waals surface area contributed by atoms with E-state index in [0.29, 0.717) is 27.4 Å². The van der Waals surface area contributed by atoms with E-state index >= 15 is 0 Å². The van der Waals surface area contributed by atoms with Crippen molar-refractivity contribution >= 4 is 44.5 Å². The van der Waals surface area contributed by atoms with E-state index in [9.17, 15) is 14.9 Å². The van der Waals surface area contributed by atoms with Gasteiger partial charge < -0.3 is 20.5 Å². The lowest BCUT2D eigenvalue weighted by Crippen LogP contribution is -2.12. The number of benzene rings is 3. The van der Waals surface area contributed by atoms with Gasteiger partial charge in [-0.05, 0) is 35.4 Å². The molecule has 10 heteroatoms. The van der Waals surface area contributed by atoms with Gasteiger partial charge >= 0.3 is 0 Å². The van der Waals surface area contributed by atoms with Crippen molar-refractivity contribution in [3.05, 3.63) is 93.9 Å². The van der Waals surface area contributed by atoms with Crippen LogP contribution in [0.25, 0.3) is 32.6 Å². The van der Waals surface area contributed by atoms with Crippen LogP contribution in [0.2, 0.25) is 0 Å². The van der Waals surface area contributed by atoms with Gasteiger partial charge in [0.15, 0.2) is 11.5 Å². The van der Waals surface area contributed by atoms with Crippen LogP contribution in [0.15, 0.2) is 78.9 Å². The van der Waals surface area contributed by atoms with Crippen molar-refractivity contribution in [3.8, 4) is 33.9 Å². The van der Waals surface area contributed by atoms with Gasteiger partial charge in [0.1, 0.15) is 9.71 Å². The number of fused-ring (bicyclic) bond motifs is 2. The van der Waals surface area contributed by atoms with E-state index in [2.05, 4.69) is 5.32 Å². The average Bonchev–Trinajstić information content (AvgIpc) is 3.52. The molecule has 0 saturated heterocycles. The number of nitrogens with one attached hydrogen (secondary N) is 1. The zero-order valence-electron chi connectivity index (χ0n) is 19.1. The average molecular weight is 511 g/mol. The van der Waals surface area contributed by atoms with Gasteiger partial charge in [0.2, 0.25) is 6.79 Å². The van der Waals surface area contributed by atoms with Crippen molar-refractivity contribution in [2.24, 2.45) is 0 Å². The molecule has 182 valence electrons. The molecule has 0 fully saturated rings. The number of nitro benzene ring substituents is 1. The molecule has 0 unspecified atom stereocenters. The van der Waals surface area contributed by atoms with E-state index in [4.69, 9.17) is 20.2 Å². The molecule has 3 N–H and O–H groups in total. The fourth-order valence-electron chi connectivity index (χ4n) is 4.22. The lowest BCUT2D eigenvalue weighted by atomic mass is 9.99. The third-order valence-electron chi connectivity index (χ3n) is 5.97. The van der Waals surface area contributed by atoms with E-state index in [1.165, 1.54) is 29.5 Å². The Kier molecular flexibility index (Phi) is 5.42. The number of hydrogen-bond acceptors (Lipinski definition) is 8. The van der Waals surface area contributed by atoms with Crippen molar-refractivity contribution in [2.45, 2.75) is 0 Å². The number of amides is 1. The summed E-state index contributed by atoms with van der Waals surface area (Å²) in [6, 6.07) is 23.0. The molecule has 0 saturated carbocycles. The topological polar surface area (TPSA) is 130 Å². The van der Waals surface area contributed by atoms with Crippen molar-refractivity contribution < 1.29 is 19.2 Å². The molecule has 9 nitrogen and oxygen atoms in total. The number of nitrogens with zero attached hydrogens (tertiary/aromatic N) is 2. The summed E-state index contributed by atoms with van der Waals surface area (Å²) in [7, 11) is 0. The van der Waals surface area contributed by atoms with Crippen LogP contribution in [0.3, 0.4) is 0 Å². The van der Waals surface area contributed by atoms with Gasteiger partial charge in [0, 0.05) is 28.8 Å². The quantitative estimate of drug-likeness (QED) is 0.216. The second-order valence-corrected chi connectivity index (χ2v) is 9.27. The molecule has 2 aromatic heterocycles. The fraction of sp³-hybridized carbons (Fsp3) is 0.0370. The van der Waals surface area contributed by atoms with Gasteiger partial charge in [0.25, 0.3) is 11.6 Å². The summed E-state index contributed by atoms with van der Waals surface area (Å²) >= 11 is 1.17. The second kappa shape index (κ2) is 8.92. The van der Waals surface area contributed by atoms with Crippen LogP contribution in [-0.4, -0.2) is 22.6 Å². The van der Waals surface area contributed by atoms with Crippen LogP contribution >= 0.6 is 11.3 Å². The largest absolute Gasteiger partial charge is 0.454 e. The van der Waals surface area contributed by atoms with Gasteiger partial charge in [-0.1, -0.05) is 42.5 Å². The van der Waals surface area contributed by atoms with Gasteiger partial charge in [-0.25, -0.2) is 4.98 Å². The second-order valence-electron chi connectivity index (χ2n) is 8.28. The minimum absolute atomic E-state index is 0.124. The van der Waals surface area contributed by atoms with E-state index in [0.717, 1.165) is 22.4 Å². The minimum atomic E-state index is -0.518. The third-order valence-corrected chi connectivity index (χ3v) is 7.07. The molecule has 3 heterocycles. The third kappa shape index (κ3) is 4.09. The Bertz CT molecular complexity index is 1700. The Morgan fingerprint density at radius 2 is 1.78 bits per heavy atom. The maximum Gasteiger partial charge on any atom is 0.271 e. The number of carbonyl (C=O) groups excluding carboxylic acids is 1. The number of aromatic nitrogens is 1. The van der Waals surface area contributed by atoms with Crippen molar-refractivity contribution in [1.82, 2.24) is 4.98 Å². The number of rotatable bonds is 5. The molecule has 0 spiro atoms. The van der Waals surface area contributed by atoms with E-state index in [1.54, 1.807) is 6.07 Å². The fourth-order valence-corrected chi connectivity index (χ4v) is 5.24. The molecule has 0 atom stereocenters. The summed E-state index contributed by atoms with van der Waals surface area (Å²) in [4.78, 5) is 29.5. The molecule has 1 aliphatic heterocycles. The van der Waals surface area contributed by atoms with Crippen LogP contribution in [0.4, 0.5) is 17.1 Å². The Hall–Kier alpha value is -4.96. The van der Waals surface area contributed by atoms with Gasteiger partial charge in [-0.3, -0.25) is 14.9 Å². The van der Waals surface area contributed by atoms with Crippen LogP contribution in [-0.2, 0) is 0 Å². The number of nitrogens with two attached hydrogens (primary N) is 1. The standard InChI is InChI=1S/C27H18N4O5S/c28-24-23-19(16-9-10-21-22(11-16)36-14-35-21)13-20(15-5-2-1-3-6-15)30-27(23)37-25(24)26(32)29-17-7-4-8-18(12-17)31(33)34/h1-13H,14,28H2,(H,29,32). The molecular weight excluding hydrogens is 492 g/mol. The number of ether oxygens (including phenoxy) is 2. The highest BCUT2D eigenvalue weighted by Gasteiger charge is 2.23. The zero-order chi connectivity index (χ0) is 25.5. The molecule has 1 aliphatic rings. The van der Waals surface area contributed by atoms with E-state index < -0.39 is 10.8 Å². The van der Waals surface area contributed by atoms with Gasteiger partial charge in [0.05, 0.1) is 16.3 Å². The Morgan fingerprint density at radius 1 is 0.973 bits per heavy atom. The molecule has 0 aliphatic carbocycles. The summed E-state index contributed by atoms with van der Waals surface area (Å²) < 4.78 is 11.0. The zero-order valence-corrected chi connectivity index (χ0v) is 20.0. The molecule has 0 bridgehead atoms. The summed E-state index contributed by atoms with van der Waals surface area (Å²) in [5.74, 6) is 0.813. The monoisotopic (exact) mass is 510 g/mol. The van der Waals surface area contributed by atoms with Crippen LogP contribution in [0, 0.1) is 10.1 Å². The summed E-state index contributed by atoms with van der Waals surface area (Å²) in [5.41, 5.74) is 10.3. The number of hydrogen-bond donors (Lipinski definition) is 2. The smallest absolute Gasteiger partial charge is 0.271 e. The number of nitrogen functional groups attached to an aromatic ring is 1. The van der Waals surface area contributed by atoms with Crippen molar-refractivity contribution in [2.75, 3.05) is 17.8 Å². The van der Waals surface area contributed by atoms with Crippen molar-refractivity contribution in [1.29, 1.82) is 0 Å². The van der Waals surface area contributed by atoms with E-state index in [-0.39, 0.29) is 23.0 Å². The molecule has 0 radical (unpaired) electrons. The highest BCUT2D eigenvalue weighted by molar-refractivity contribution is 7.21. The number of thiophene rings is 1. The number of pyridine rings is 1. The molecule has 6 rings (SSSR count). The lowest BCUT2D eigenvalue weighted by Gasteiger charge is -2.10. The van der Waals surface area contributed by atoms with E-state index in [1.807, 2.05) is 54.6 Å². The molecular formula is C27H18N4O5S. The normalized spacial score (nSPS) is 12.0. The lowest BCUT2D eigenvalue weighted by molar-refractivity contribution is -0.384. The first-order valence-electron chi connectivity index (χ1n) is 11.2. The van der Waals surface area contributed by atoms with Crippen molar-refractivity contribution in [3.63, 3.8) is 0 Å². The Balaban J connectivity index is 1.49. The Labute approximate surface area is 214 Å². The molecule has 5 aromatic rings. The highest BCUT2D eigenvalue weighted by Crippen LogP contribution is 2.44. The summed E-state index contributed by atoms with van der Waals surface area (Å²) in [6.45, 7) is 0.155. The predicted octanol–water partition coefficient (Wildman–Crippen LogP) is 6.10. The maximum absolute atomic E-state index is 13.2. The first-order valence-corrected chi connectivity index (χ1v) is 12.0. The maximum atomic E-state index is 13.2. The van der Waals surface area contributed by atoms with Gasteiger partial charge in [-0.15, -0.1) is 11.3 Å². The van der Waals surface area contributed by atoms with Crippen LogP contribution < -0.4 is 20.5 Å². The minimum Gasteiger partial charge on any atom is -0.454 e. The highest BCUT2D eigenvalue weighted by atomic mass is 32.1. The number of carbonyl (C=O) groups is 1. The number of anilines is 2. The predicted molar refractivity (Wildman–Crippen MR) is 142 cm³/mol. The first-order chi connectivity index (χ1) is 18.0. The Morgan fingerprint density at radius 3 is 2.59 bits per heavy atom. The summed E-state index contributed by atoms with van der Waals surface area (Å²) in [5, 5.41) is 14.5. The SMILES string of the molecule is Nc1c(C(=O)Nc2cccc([N+](=O)[O-])c2)sc2nc(-c3ccccc3)cc(-c3ccc4c(c3)OCO4)c12. The number of non-ortho nitro benzene ring substituents is 1. The molecule has 1 amide bonds. The van der Waals surface area contributed by atoms with Crippen LogP contribution in [0.5, 0.6) is 11.5 Å². The molecule has 3 aromatic carbocycles. The number of nitro groups is 1. The van der Waals surface area contributed by atoms with Crippen LogP contribution in [0.1, 0.15) is 9.67 Å².